The molecular formula is C12H19NO3. The Hall–Kier alpha value is -1.19. The predicted molar refractivity (Wildman–Crippen MR) is 59.6 cm³/mol. The van der Waals surface area contributed by atoms with Crippen LogP contribution < -0.4 is 0 Å². The normalized spacial score (nSPS) is 29.7. The number of carbonyl (C=O) groups excluding carboxylic acids is 1. The SMILES string of the molecule is CCC[C@H]1COC2=C1C(=O)N(C)[C@@H](C)CO2. The van der Waals surface area contributed by atoms with Crippen molar-refractivity contribution in [2.75, 3.05) is 20.3 Å². The molecule has 0 aromatic heterocycles. The first-order valence-electron chi connectivity index (χ1n) is 5.92. The van der Waals surface area contributed by atoms with Crippen LogP contribution in [-0.4, -0.2) is 37.1 Å². The van der Waals surface area contributed by atoms with E-state index in [-0.39, 0.29) is 17.9 Å². The van der Waals surface area contributed by atoms with Gasteiger partial charge in [0.25, 0.3) is 11.9 Å². The first kappa shape index (κ1) is 11.3. The highest BCUT2D eigenvalue weighted by molar-refractivity contribution is 5.94. The third kappa shape index (κ3) is 1.77. The summed E-state index contributed by atoms with van der Waals surface area (Å²) in [6, 6.07) is 0.101. The van der Waals surface area contributed by atoms with E-state index in [0.29, 0.717) is 19.2 Å². The van der Waals surface area contributed by atoms with Crippen LogP contribution in [0.4, 0.5) is 0 Å². The number of amides is 1. The molecule has 0 aromatic carbocycles. The molecule has 0 bridgehead atoms. The van der Waals surface area contributed by atoms with Gasteiger partial charge in [0.1, 0.15) is 12.2 Å². The Bertz CT molecular complexity index is 324. The Morgan fingerprint density at radius 3 is 2.75 bits per heavy atom. The summed E-state index contributed by atoms with van der Waals surface area (Å²) in [7, 11) is 1.83. The predicted octanol–water partition coefficient (Wildman–Crippen LogP) is 1.52. The summed E-state index contributed by atoms with van der Waals surface area (Å²) in [5, 5.41) is 0. The van der Waals surface area contributed by atoms with Crippen LogP contribution in [0.15, 0.2) is 11.5 Å². The lowest BCUT2D eigenvalue weighted by Crippen LogP contribution is -2.38. The van der Waals surface area contributed by atoms with Gasteiger partial charge in [-0.1, -0.05) is 13.3 Å². The Kier molecular flexibility index (Phi) is 3.08. The quantitative estimate of drug-likeness (QED) is 0.715. The molecule has 0 aromatic rings. The number of hydrogen-bond donors (Lipinski definition) is 0. The van der Waals surface area contributed by atoms with Crippen molar-refractivity contribution >= 4 is 5.91 Å². The van der Waals surface area contributed by atoms with Gasteiger partial charge in [-0.2, -0.15) is 0 Å². The van der Waals surface area contributed by atoms with Gasteiger partial charge in [-0.3, -0.25) is 4.79 Å². The van der Waals surface area contributed by atoms with Crippen LogP contribution in [0.2, 0.25) is 0 Å². The average Bonchev–Trinajstić information content (AvgIpc) is 2.63. The maximum Gasteiger partial charge on any atom is 0.288 e. The highest BCUT2D eigenvalue weighted by Crippen LogP contribution is 2.33. The zero-order valence-corrected chi connectivity index (χ0v) is 10.2. The zero-order valence-electron chi connectivity index (χ0n) is 10.2. The molecule has 2 aliphatic heterocycles. The summed E-state index contributed by atoms with van der Waals surface area (Å²) in [4.78, 5) is 14.0. The first-order chi connectivity index (χ1) is 7.65. The number of carbonyl (C=O) groups is 1. The fourth-order valence-electron chi connectivity index (χ4n) is 2.16. The third-order valence-corrected chi connectivity index (χ3v) is 3.35. The van der Waals surface area contributed by atoms with Crippen molar-refractivity contribution in [1.29, 1.82) is 0 Å². The van der Waals surface area contributed by atoms with Gasteiger partial charge in [0.05, 0.1) is 12.6 Å². The van der Waals surface area contributed by atoms with Crippen LogP contribution in [0, 0.1) is 5.92 Å². The molecule has 90 valence electrons. The molecule has 4 heteroatoms. The third-order valence-electron chi connectivity index (χ3n) is 3.35. The highest BCUT2D eigenvalue weighted by Gasteiger charge is 2.38. The molecule has 0 unspecified atom stereocenters. The second-order valence-electron chi connectivity index (χ2n) is 4.57. The van der Waals surface area contributed by atoms with Crippen molar-refractivity contribution in [3.8, 4) is 0 Å². The van der Waals surface area contributed by atoms with Gasteiger partial charge >= 0.3 is 0 Å². The van der Waals surface area contributed by atoms with Crippen molar-refractivity contribution in [2.24, 2.45) is 5.92 Å². The molecule has 2 aliphatic rings. The van der Waals surface area contributed by atoms with Gasteiger partial charge in [0.2, 0.25) is 0 Å². The largest absolute Gasteiger partial charge is 0.464 e. The maximum absolute atomic E-state index is 12.2. The van der Waals surface area contributed by atoms with E-state index in [9.17, 15) is 4.79 Å². The molecule has 2 heterocycles. The molecule has 2 atom stereocenters. The topological polar surface area (TPSA) is 38.8 Å². The second kappa shape index (κ2) is 4.36. The molecule has 0 aliphatic carbocycles. The lowest BCUT2D eigenvalue weighted by molar-refractivity contribution is -0.128. The molecule has 1 amide bonds. The summed E-state index contributed by atoms with van der Waals surface area (Å²) in [6.45, 7) is 5.20. The van der Waals surface area contributed by atoms with Crippen molar-refractivity contribution in [1.82, 2.24) is 4.90 Å². The Labute approximate surface area is 96.2 Å². The highest BCUT2D eigenvalue weighted by atomic mass is 16.7. The van der Waals surface area contributed by atoms with E-state index in [1.165, 1.54) is 0 Å². The Balaban J connectivity index is 2.25. The van der Waals surface area contributed by atoms with Gasteiger partial charge in [0, 0.05) is 13.0 Å². The van der Waals surface area contributed by atoms with Crippen molar-refractivity contribution in [3.63, 3.8) is 0 Å². The first-order valence-corrected chi connectivity index (χ1v) is 5.92. The summed E-state index contributed by atoms with van der Waals surface area (Å²) >= 11 is 0. The number of ether oxygens (including phenoxy) is 2. The van der Waals surface area contributed by atoms with Crippen LogP contribution in [-0.2, 0) is 14.3 Å². The molecule has 0 N–H and O–H groups in total. The molecule has 0 fully saturated rings. The van der Waals surface area contributed by atoms with E-state index in [2.05, 4.69) is 6.92 Å². The van der Waals surface area contributed by atoms with E-state index in [4.69, 9.17) is 9.47 Å². The molecule has 16 heavy (non-hydrogen) atoms. The Morgan fingerprint density at radius 1 is 1.38 bits per heavy atom. The van der Waals surface area contributed by atoms with E-state index in [0.717, 1.165) is 18.4 Å². The summed E-state index contributed by atoms with van der Waals surface area (Å²) in [6.07, 6.45) is 2.04. The van der Waals surface area contributed by atoms with Gasteiger partial charge in [-0.15, -0.1) is 0 Å². The number of hydrogen-bond acceptors (Lipinski definition) is 3. The van der Waals surface area contributed by atoms with E-state index in [1.807, 2.05) is 14.0 Å². The minimum absolute atomic E-state index is 0.0657. The second-order valence-corrected chi connectivity index (χ2v) is 4.57. The lowest BCUT2D eigenvalue weighted by atomic mass is 9.96. The van der Waals surface area contributed by atoms with E-state index in [1.54, 1.807) is 4.90 Å². The smallest absolute Gasteiger partial charge is 0.288 e. The number of rotatable bonds is 2. The van der Waals surface area contributed by atoms with E-state index >= 15 is 0 Å². The molecule has 0 spiro atoms. The van der Waals surface area contributed by atoms with Gasteiger partial charge in [0.15, 0.2) is 0 Å². The fraction of sp³-hybridized carbons (Fsp3) is 0.750. The zero-order chi connectivity index (χ0) is 11.7. The summed E-state index contributed by atoms with van der Waals surface area (Å²) in [5.41, 5.74) is 0.744. The summed E-state index contributed by atoms with van der Waals surface area (Å²) < 4.78 is 11.0. The number of likely N-dealkylation sites (N-methyl/N-ethyl adjacent to an activating group) is 1. The van der Waals surface area contributed by atoms with Gasteiger partial charge < -0.3 is 14.4 Å². The van der Waals surface area contributed by atoms with Crippen molar-refractivity contribution in [3.05, 3.63) is 11.5 Å². The minimum Gasteiger partial charge on any atom is -0.464 e. The van der Waals surface area contributed by atoms with Gasteiger partial charge in [-0.05, 0) is 13.3 Å². The molecule has 0 saturated carbocycles. The van der Waals surface area contributed by atoms with Crippen LogP contribution in [0.5, 0.6) is 0 Å². The molecule has 2 rings (SSSR count). The van der Waals surface area contributed by atoms with E-state index < -0.39 is 0 Å². The monoisotopic (exact) mass is 225 g/mol. The van der Waals surface area contributed by atoms with Crippen LogP contribution in [0.3, 0.4) is 0 Å². The van der Waals surface area contributed by atoms with Crippen molar-refractivity contribution in [2.45, 2.75) is 32.7 Å². The van der Waals surface area contributed by atoms with Gasteiger partial charge in [-0.25, -0.2) is 0 Å². The van der Waals surface area contributed by atoms with Crippen LogP contribution in [0.25, 0.3) is 0 Å². The van der Waals surface area contributed by atoms with Crippen molar-refractivity contribution < 1.29 is 14.3 Å². The van der Waals surface area contributed by atoms with Crippen LogP contribution in [0.1, 0.15) is 26.7 Å². The number of nitrogens with zero attached hydrogens (tertiary/aromatic N) is 1. The standard InChI is InChI=1S/C12H19NO3/c1-4-5-9-7-16-12-10(9)11(14)13(3)8(2)6-15-12/h8-9H,4-7H2,1-3H3/t8-,9-/m0/s1. The molecule has 0 radical (unpaired) electrons. The molecule has 0 saturated heterocycles. The molecular weight excluding hydrogens is 206 g/mol. The average molecular weight is 225 g/mol. The lowest BCUT2D eigenvalue weighted by Gasteiger charge is -2.23. The molecule has 4 nitrogen and oxygen atoms in total. The maximum atomic E-state index is 12.2. The fourth-order valence-corrected chi connectivity index (χ4v) is 2.16. The summed E-state index contributed by atoms with van der Waals surface area (Å²) in [5.74, 6) is 0.746. The Morgan fingerprint density at radius 2 is 2.06 bits per heavy atom. The van der Waals surface area contributed by atoms with Crippen LogP contribution >= 0.6 is 0 Å². The minimum atomic E-state index is 0.0657.